The highest BCUT2D eigenvalue weighted by Crippen LogP contribution is 2.28. The van der Waals surface area contributed by atoms with Gasteiger partial charge in [0.1, 0.15) is 24.0 Å². The van der Waals surface area contributed by atoms with E-state index in [-0.39, 0.29) is 12.4 Å². The van der Waals surface area contributed by atoms with Crippen molar-refractivity contribution >= 4 is 29.0 Å². The molecule has 20 heavy (non-hydrogen) atoms. The number of hydrogen-bond donors (Lipinski definition) is 2. The highest BCUT2D eigenvalue weighted by atomic mass is 35.5. The molecule has 0 heterocycles. The first-order chi connectivity index (χ1) is 9.47. The zero-order valence-electron chi connectivity index (χ0n) is 10.3. The number of nitrogens with one attached hydrogen (secondary N) is 1. The molecule has 2 aromatic carbocycles. The fourth-order valence-corrected chi connectivity index (χ4v) is 2.00. The van der Waals surface area contributed by atoms with Crippen LogP contribution in [0.2, 0.25) is 10.0 Å². The molecule has 0 spiro atoms. The van der Waals surface area contributed by atoms with Crippen LogP contribution in [-0.4, -0.2) is 5.84 Å². The molecular weight excluding hydrogens is 302 g/mol. The number of ether oxygens (including phenoxy) is 1. The summed E-state index contributed by atoms with van der Waals surface area (Å²) in [4.78, 5) is 0. The highest BCUT2D eigenvalue weighted by molar-refractivity contribution is 6.34. The predicted octanol–water partition coefficient (Wildman–Crippen LogP) is 4.00. The second kappa shape index (κ2) is 6.11. The highest BCUT2D eigenvalue weighted by Gasteiger charge is 2.09. The van der Waals surface area contributed by atoms with Crippen LogP contribution in [0.5, 0.6) is 5.75 Å². The number of amidine groups is 1. The summed E-state index contributed by atoms with van der Waals surface area (Å²) in [7, 11) is 0. The Morgan fingerprint density at radius 3 is 2.65 bits per heavy atom. The Kier molecular flexibility index (Phi) is 4.47. The minimum absolute atomic E-state index is 0.106. The van der Waals surface area contributed by atoms with Crippen molar-refractivity contribution in [1.29, 1.82) is 5.41 Å². The molecule has 6 heteroatoms. The molecule has 0 amide bonds. The molecule has 0 bridgehead atoms. The maximum atomic E-state index is 13.2. The van der Waals surface area contributed by atoms with Crippen LogP contribution < -0.4 is 10.5 Å². The molecule has 0 aliphatic carbocycles. The summed E-state index contributed by atoms with van der Waals surface area (Å²) in [5.74, 6) is -0.266. The van der Waals surface area contributed by atoms with Gasteiger partial charge in [0.2, 0.25) is 0 Å². The second-order valence-corrected chi connectivity index (χ2v) is 4.92. The van der Waals surface area contributed by atoms with Crippen molar-refractivity contribution in [3.8, 4) is 5.75 Å². The molecule has 3 N–H and O–H groups in total. The molecular formula is C14H11Cl2FN2O. The van der Waals surface area contributed by atoms with Gasteiger partial charge in [-0.3, -0.25) is 5.41 Å². The summed E-state index contributed by atoms with van der Waals surface area (Å²) >= 11 is 11.8. The molecule has 2 aromatic rings. The number of rotatable bonds is 4. The smallest absolute Gasteiger partial charge is 0.139 e. The molecule has 0 aliphatic heterocycles. The Balaban J connectivity index is 2.23. The van der Waals surface area contributed by atoms with Crippen LogP contribution in [0.25, 0.3) is 0 Å². The van der Waals surface area contributed by atoms with Crippen LogP contribution in [-0.2, 0) is 6.61 Å². The van der Waals surface area contributed by atoms with E-state index in [4.69, 9.17) is 39.1 Å². The van der Waals surface area contributed by atoms with Crippen molar-refractivity contribution in [3.05, 3.63) is 63.4 Å². The molecule has 104 valence electrons. The number of nitrogen functional groups attached to an aromatic ring is 1. The summed E-state index contributed by atoms with van der Waals surface area (Å²) in [5.41, 5.74) is 6.31. The Hall–Kier alpha value is -1.78. The van der Waals surface area contributed by atoms with E-state index >= 15 is 0 Å². The van der Waals surface area contributed by atoms with E-state index < -0.39 is 5.82 Å². The molecule has 0 saturated heterocycles. The first-order valence-corrected chi connectivity index (χ1v) is 6.43. The van der Waals surface area contributed by atoms with Gasteiger partial charge in [-0.25, -0.2) is 4.39 Å². The zero-order valence-corrected chi connectivity index (χ0v) is 11.8. The molecule has 0 radical (unpaired) electrons. The third-order valence-electron chi connectivity index (χ3n) is 2.64. The van der Waals surface area contributed by atoms with E-state index in [0.717, 1.165) is 0 Å². The van der Waals surface area contributed by atoms with Crippen molar-refractivity contribution in [2.24, 2.45) is 5.73 Å². The van der Waals surface area contributed by atoms with Gasteiger partial charge < -0.3 is 10.5 Å². The van der Waals surface area contributed by atoms with Crippen molar-refractivity contribution in [3.63, 3.8) is 0 Å². The van der Waals surface area contributed by atoms with Gasteiger partial charge in [0, 0.05) is 22.2 Å². The normalized spacial score (nSPS) is 10.3. The first kappa shape index (κ1) is 14.6. The second-order valence-electron chi connectivity index (χ2n) is 4.08. The number of halogens is 3. The van der Waals surface area contributed by atoms with Crippen LogP contribution in [0, 0.1) is 11.2 Å². The monoisotopic (exact) mass is 312 g/mol. The molecule has 3 nitrogen and oxygen atoms in total. The number of benzene rings is 2. The average molecular weight is 313 g/mol. The lowest BCUT2D eigenvalue weighted by atomic mass is 10.1. The molecule has 0 saturated carbocycles. The lowest BCUT2D eigenvalue weighted by Crippen LogP contribution is -2.15. The van der Waals surface area contributed by atoms with Gasteiger partial charge in [-0.15, -0.1) is 0 Å². The maximum absolute atomic E-state index is 13.2. The molecule has 2 rings (SSSR count). The van der Waals surface area contributed by atoms with Gasteiger partial charge >= 0.3 is 0 Å². The lowest BCUT2D eigenvalue weighted by Gasteiger charge is -2.11. The van der Waals surface area contributed by atoms with Gasteiger partial charge in [0.05, 0.1) is 5.02 Å². The third-order valence-corrected chi connectivity index (χ3v) is 3.19. The molecule has 0 aliphatic rings. The van der Waals surface area contributed by atoms with E-state index in [1.807, 2.05) is 0 Å². The molecule has 0 aromatic heterocycles. The SMILES string of the molecule is N=C(N)c1cc(F)ccc1COc1cc(Cl)ccc1Cl. The number of nitrogens with two attached hydrogens (primary N) is 1. The summed E-state index contributed by atoms with van der Waals surface area (Å²) in [5, 5.41) is 8.35. The molecule has 0 fully saturated rings. The van der Waals surface area contributed by atoms with Crippen LogP contribution in [0.4, 0.5) is 4.39 Å². The molecule has 0 unspecified atom stereocenters. The van der Waals surface area contributed by atoms with Crippen LogP contribution in [0.1, 0.15) is 11.1 Å². The van der Waals surface area contributed by atoms with E-state index in [9.17, 15) is 4.39 Å². The van der Waals surface area contributed by atoms with E-state index in [1.165, 1.54) is 18.2 Å². The van der Waals surface area contributed by atoms with Crippen molar-refractivity contribution < 1.29 is 9.13 Å². The summed E-state index contributed by atoms with van der Waals surface area (Å²) in [6, 6.07) is 8.85. The Labute approximate surface area is 125 Å². The topological polar surface area (TPSA) is 59.1 Å². The fraction of sp³-hybridized carbons (Fsp3) is 0.0714. The summed E-state index contributed by atoms with van der Waals surface area (Å²) < 4.78 is 18.7. The lowest BCUT2D eigenvalue weighted by molar-refractivity contribution is 0.306. The summed E-state index contributed by atoms with van der Waals surface area (Å²) in [6.07, 6.45) is 0. The minimum Gasteiger partial charge on any atom is -0.487 e. The maximum Gasteiger partial charge on any atom is 0.139 e. The minimum atomic E-state index is -0.459. The molecule has 0 atom stereocenters. The standard InChI is InChI=1S/C14H11Cl2FN2O/c15-9-2-4-12(16)13(5-9)20-7-8-1-3-10(17)6-11(8)14(18)19/h1-6H,7H2,(H3,18,19). The number of hydrogen-bond acceptors (Lipinski definition) is 2. The zero-order chi connectivity index (χ0) is 14.7. The average Bonchev–Trinajstić information content (AvgIpc) is 2.40. The van der Waals surface area contributed by atoms with Crippen molar-refractivity contribution in [2.75, 3.05) is 0 Å². The van der Waals surface area contributed by atoms with Gasteiger partial charge in [0.25, 0.3) is 0 Å². The van der Waals surface area contributed by atoms with Crippen LogP contribution in [0.3, 0.4) is 0 Å². The van der Waals surface area contributed by atoms with E-state index in [0.29, 0.717) is 26.9 Å². The Bertz CT molecular complexity index is 662. The van der Waals surface area contributed by atoms with Gasteiger partial charge in [0.15, 0.2) is 0 Å². The van der Waals surface area contributed by atoms with E-state index in [1.54, 1.807) is 18.2 Å². The largest absolute Gasteiger partial charge is 0.487 e. The van der Waals surface area contributed by atoms with Crippen LogP contribution in [0.15, 0.2) is 36.4 Å². The van der Waals surface area contributed by atoms with Gasteiger partial charge in [-0.2, -0.15) is 0 Å². The Morgan fingerprint density at radius 2 is 1.95 bits per heavy atom. The predicted molar refractivity (Wildman–Crippen MR) is 78.2 cm³/mol. The first-order valence-electron chi connectivity index (χ1n) is 5.68. The third kappa shape index (κ3) is 3.40. The van der Waals surface area contributed by atoms with Gasteiger partial charge in [-0.05, 0) is 24.3 Å². The summed E-state index contributed by atoms with van der Waals surface area (Å²) in [6.45, 7) is 0.106. The van der Waals surface area contributed by atoms with Crippen molar-refractivity contribution in [1.82, 2.24) is 0 Å². The van der Waals surface area contributed by atoms with E-state index in [2.05, 4.69) is 0 Å². The fourth-order valence-electron chi connectivity index (χ4n) is 1.67. The Morgan fingerprint density at radius 1 is 1.20 bits per heavy atom. The van der Waals surface area contributed by atoms with Gasteiger partial charge in [-0.1, -0.05) is 29.3 Å². The van der Waals surface area contributed by atoms with Crippen molar-refractivity contribution in [2.45, 2.75) is 6.61 Å². The van der Waals surface area contributed by atoms with Crippen LogP contribution >= 0.6 is 23.2 Å². The quantitative estimate of drug-likeness (QED) is 0.662.